The summed E-state index contributed by atoms with van der Waals surface area (Å²) in [4.78, 5) is 12.7. The van der Waals surface area contributed by atoms with Gasteiger partial charge < -0.3 is 0 Å². The Morgan fingerprint density at radius 3 is 2.60 bits per heavy atom. The van der Waals surface area contributed by atoms with Gasteiger partial charge in [0.1, 0.15) is 5.82 Å². The highest BCUT2D eigenvalue weighted by atomic mass is 79.9. The van der Waals surface area contributed by atoms with Crippen LogP contribution in [0.2, 0.25) is 0 Å². The fourth-order valence-electron chi connectivity index (χ4n) is 1.27. The summed E-state index contributed by atoms with van der Waals surface area (Å²) in [6, 6.07) is 0. The van der Waals surface area contributed by atoms with Crippen molar-refractivity contribution in [3.05, 3.63) is 22.7 Å². The minimum Gasteiger partial charge on any atom is -0.243 e. The Kier molecular flexibility index (Phi) is 2.77. The van der Waals surface area contributed by atoms with Gasteiger partial charge in [-0.1, -0.05) is 0 Å². The van der Waals surface area contributed by atoms with E-state index in [4.69, 9.17) is 0 Å². The van der Waals surface area contributed by atoms with Gasteiger partial charge in [0.05, 0.1) is 4.47 Å². The van der Waals surface area contributed by atoms with E-state index in [9.17, 15) is 0 Å². The zero-order valence-electron chi connectivity index (χ0n) is 8.48. The molecule has 0 radical (unpaired) electrons. The summed E-state index contributed by atoms with van der Waals surface area (Å²) in [5.74, 6) is 2.04. The van der Waals surface area contributed by atoms with Gasteiger partial charge in [0.15, 0.2) is 11.6 Å². The highest BCUT2D eigenvalue weighted by molar-refractivity contribution is 9.10. The van der Waals surface area contributed by atoms with E-state index in [1.165, 1.54) is 0 Å². The summed E-state index contributed by atoms with van der Waals surface area (Å²) in [5.41, 5.74) is 0. The Morgan fingerprint density at radius 2 is 2.00 bits per heavy atom. The lowest BCUT2D eigenvalue weighted by molar-refractivity contribution is 0.656. The van der Waals surface area contributed by atoms with Crippen LogP contribution in [0.3, 0.4) is 0 Å². The third-order valence-corrected chi connectivity index (χ3v) is 2.31. The van der Waals surface area contributed by atoms with Gasteiger partial charge in [-0.3, -0.25) is 0 Å². The molecule has 0 aliphatic carbocycles. The van der Waals surface area contributed by atoms with Crippen molar-refractivity contribution >= 4 is 15.9 Å². The Bertz CT molecular complexity index is 462. The molecule has 0 aromatic carbocycles. The minimum atomic E-state index is 0.598. The normalized spacial score (nSPS) is 10.6. The van der Waals surface area contributed by atoms with Gasteiger partial charge in [0, 0.05) is 18.9 Å². The van der Waals surface area contributed by atoms with Gasteiger partial charge in [-0.25, -0.2) is 19.6 Å². The van der Waals surface area contributed by atoms with Crippen LogP contribution in [0, 0.1) is 6.92 Å². The van der Waals surface area contributed by atoms with Crippen molar-refractivity contribution < 1.29 is 0 Å². The van der Waals surface area contributed by atoms with Gasteiger partial charge in [-0.05, 0) is 29.8 Å². The van der Waals surface area contributed by atoms with E-state index in [1.54, 1.807) is 17.1 Å². The molecule has 0 atom stereocenters. The van der Waals surface area contributed by atoms with Gasteiger partial charge in [-0.15, -0.1) is 0 Å². The first-order chi connectivity index (χ1) is 7.20. The van der Waals surface area contributed by atoms with E-state index >= 15 is 0 Å². The molecule has 0 N–H and O–H groups in total. The van der Waals surface area contributed by atoms with E-state index in [0.717, 1.165) is 16.8 Å². The fourth-order valence-corrected chi connectivity index (χ4v) is 1.47. The fraction of sp³-hybridized carbons (Fsp3) is 0.333. The molecule has 6 heteroatoms. The molecule has 5 nitrogen and oxygen atoms in total. The summed E-state index contributed by atoms with van der Waals surface area (Å²) in [6.45, 7) is 4.63. The van der Waals surface area contributed by atoms with Crippen LogP contribution in [0.15, 0.2) is 16.9 Å². The quantitative estimate of drug-likeness (QED) is 0.833. The van der Waals surface area contributed by atoms with Gasteiger partial charge in [-0.2, -0.15) is 5.10 Å². The number of aryl methyl sites for hydroxylation is 2. The maximum absolute atomic E-state index is 4.29. The van der Waals surface area contributed by atoms with Gasteiger partial charge >= 0.3 is 0 Å². The average Bonchev–Trinajstić information content (AvgIpc) is 2.61. The van der Waals surface area contributed by atoms with Crippen LogP contribution in [-0.4, -0.2) is 24.7 Å². The smallest absolute Gasteiger partial charge is 0.197 e. The SMILES string of the molecule is CCn1nc(C)nc1-c1ncc(Br)cn1. The van der Waals surface area contributed by atoms with Crippen molar-refractivity contribution in [1.29, 1.82) is 0 Å². The molecular weight excluding hydrogens is 258 g/mol. The molecule has 0 bridgehead atoms. The van der Waals surface area contributed by atoms with Crippen molar-refractivity contribution in [2.24, 2.45) is 0 Å². The van der Waals surface area contributed by atoms with Crippen molar-refractivity contribution in [2.45, 2.75) is 20.4 Å². The lowest BCUT2D eigenvalue weighted by Gasteiger charge is -2.00. The minimum absolute atomic E-state index is 0.598. The largest absolute Gasteiger partial charge is 0.243 e. The number of hydrogen-bond acceptors (Lipinski definition) is 4. The second-order valence-electron chi connectivity index (χ2n) is 3.02. The van der Waals surface area contributed by atoms with Gasteiger partial charge in [0.2, 0.25) is 0 Å². The lowest BCUT2D eigenvalue weighted by Crippen LogP contribution is -2.02. The molecule has 78 valence electrons. The van der Waals surface area contributed by atoms with E-state index in [1.807, 2.05) is 13.8 Å². The molecule has 2 rings (SSSR count). The van der Waals surface area contributed by atoms with Crippen molar-refractivity contribution in [2.75, 3.05) is 0 Å². The highest BCUT2D eigenvalue weighted by Crippen LogP contribution is 2.13. The van der Waals surface area contributed by atoms with Crippen LogP contribution < -0.4 is 0 Å². The zero-order valence-corrected chi connectivity index (χ0v) is 10.1. The maximum Gasteiger partial charge on any atom is 0.197 e. The number of nitrogens with zero attached hydrogens (tertiary/aromatic N) is 5. The zero-order chi connectivity index (χ0) is 10.8. The molecule has 0 fully saturated rings. The second-order valence-corrected chi connectivity index (χ2v) is 3.94. The Balaban J connectivity index is 2.48. The van der Waals surface area contributed by atoms with E-state index in [2.05, 4.69) is 36.0 Å². The topological polar surface area (TPSA) is 56.5 Å². The van der Waals surface area contributed by atoms with Crippen LogP contribution in [0.25, 0.3) is 11.6 Å². The molecule has 2 aromatic heterocycles. The number of aromatic nitrogens is 5. The summed E-state index contributed by atoms with van der Waals surface area (Å²) in [7, 11) is 0. The van der Waals surface area contributed by atoms with Crippen LogP contribution in [0.5, 0.6) is 0 Å². The first-order valence-electron chi connectivity index (χ1n) is 4.60. The van der Waals surface area contributed by atoms with Crippen LogP contribution in [-0.2, 0) is 6.54 Å². The summed E-state index contributed by atoms with van der Waals surface area (Å²) in [5, 5.41) is 4.24. The van der Waals surface area contributed by atoms with Crippen LogP contribution in [0.4, 0.5) is 0 Å². The average molecular weight is 268 g/mol. The molecule has 2 aromatic rings. The van der Waals surface area contributed by atoms with Crippen LogP contribution >= 0.6 is 15.9 Å². The summed E-state index contributed by atoms with van der Waals surface area (Å²) < 4.78 is 2.64. The van der Waals surface area contributed by atoms with Gasteiger partial charge in [0.25, 0.3) is 0 Å². The molecule has 2 heterocycles. The van der Waals surface area contributed by atoms with Crippen molar-refractivity contribution in [1.82, 2.24) is 24.7 Å². The molecule has 0 saturated heterocycles. The van der Waals surface area contributed by atoms with E-state index in [-0.39, 0.29) is 0 Å². The standard InChI is InChI=1S/C9H10BrN5/c1-3-15-9(13-6(2)14-15)8-11-4-7(10)5-12-8/h4-5H,3H2,1-2H3. The predicted octanol–water partition coefficient (Wildman–Crippen LogP) is 1.83. The first-order valence-corrected chi connectivity index (χ1v) is 5.39. The molecule has 0 aliphatic heterocycles. The monoisotopic (exact) mass is 267 g/mol. The second kappa shape index (κ2) is 4.06. The predicted molar refractivity (Wildman–Crippen MR) is 59.2 cm³/mol. The third kappa shape index (κ3) is 2.04. The highest BCUT2D eigenvalue weighted by Gasteiger charge is 2.10. The molecule has 0 amide bonds. The van der Waals surface area contributed by atoms with Crippen molar-refractivity contribution in [3.63, 3.8) is 0 Å². The first kappa shape index (κ1) is 10.2. The molecule has 0 unspecified atom stereocenters. The lowest BCUT2D eigenvalue weighted by atomic mass is 10.5. The van der Waals surface area contributed by atoms with Crippen LogP contribution in [0.1, 0.15) is 12.7 Å². The van der Waals surface area contributed by atoms with E-state index < -0.39 is 0 Å². The Hall–Kier alpha value is -1.30. The number of halogens is 1. The molecule has 0 spiro atoms. The number of rotatable bonds is 2. The Labute approximate surface area is 95.7 Å². The number of hydrogen-bond donors (Lipinski definition) is 0. The molecule has 0 saturated carbocycles. The van der Waals surface area contributed by atoms with E-state index in [0.29, 0.717) is 11.6 Å². The maximum atomic E-state index is 4.29. The summed E-state index contributed by atoms with van der Waals surface area (Å²) >= 11 is 3.29. The molecule has 15 heavy (non-hydrogen) atoms. The molecular formula is C9H10BrN5. The van der Waals surface area contributed by atoms with Crippen molar-refractivity contribution in [3.8, 4) is 11.6 Å². The third-order valence-electron chi connectivity index (χ3n) is 1.90. The Morgan fingerprint density at radius 1 is 1.33 bits per heavy atom. The summed E-state index contributed by atoms with van der Waals surface area (Å²) in [6.07, 6.45) is 3.40. The molecule has 0 aliphatic rings.